The van der Waals surface area contributed by atoms with E-state index in [1.807, 2.05) is 48.5 Å². The summed E-state index contributed by atoms with van der Waals surface area (Å²) in [5.41, 5.74) is 1.47. The fourth-order valence-corrected chi connectivity index (χ4v) is 4.28. The van der Waals surface area contributed by atoms with Gasteiger partial charge in [0.05, 0.1) is 0 Å². The zero-order valence-electron chi connectivity index (χ0n) is 15.5. The van der Waals surface area contributed by atoms with Crippen molar-refractivity contribution in [3.63, 3.8) is 0 Å². The quantitative estimate of drug-likeness (QED) is 0.763. The molecule has 0 spiro atoms. The number of hydrogen-bond donors (Lipinski definition) is 2. The van der Waals surface area contributed by atoms with Gasteiger partial charge >= 0.3 is 6.09 Å². The molecule has 0 radical (unpaired) electrons. The van der Waals surface area contributed by atoms with Crippen molar-refractivity contribution in [2.45, 2.75) is 37.8 Å². The number of carbonyl (C=O) groups excluding carboxylic acids is 1. The molecule has 3 rings (SSSR count). The molecule has 1 fully saturated rings. The Morgan fingerprint density at radius 2 is 1.68 bits per heavy atom. The van der Waals surface area contributed by atoms with E-state index in [9.17, 15) is 13.2 Å². The maximum atomic E-state index is 12.3. The SMILES string of the molecule is O=C(Nc1ccccc1)O[C@@H]1CCC[C@@H](NS(=O)(=O)/C=C/c2ccccc2)C1. The molecule has 28 heavy (non-hydrogen) atoms. The number of carbonyl (C=O) groups is 1. The number of hydrogen-bond acceptors (Lipinski definition) is 4. The van der Waals surface area contributed by atoms with Gasteiger partial charge in [0.25, 0.3) is 0 Å². The van der Waals surface area contributed by atoms with Crippen LogP contribution in [0.2, 0.25) is 0 Å². The summed E-state index contributed by atoms with van der Waals surface area (Å²) in [6.45, 7) is 0. The smallest absolute Gasteiger partial charge is 0.411 e. The van der Waals surface area contributed by atoms with E-state index in [2.05, 4.69) is 10.0 Å². The normalized spacial score (nSPS) is 20.0. The summed E-state index contributed by atoms with van der Waals surface area (Å²) in [5, 5.41) is 3.86. The van der Waals surface area contributed by atoms with Gasteiger partial charge < -0.3 is 4.74 Å². The number of para-hydroxylation sites is 1. The van der Waals surface area contributed by atoms with Gasteiger partial charge in [-0.2, -0.15) is 0 Å². The number of nitrogens with one attached hydrogen (secondary N) is 2. The van der Waals surface area contributed by atoms with Gasteiger partial charge in [-0.05, 0) is 43.0 Å². The highest BCUT2D eigenvalue weighted by molar-refractivity contribution is 7.92. The zero-order chi connectivity index (χ0) is 19.8. The van der Waals surface area contributed by atoms with E-state index in [0.29, 0.717) is 12.1 Å². The van der Waals surface area contributed by atoms with E-state index in [0.717, 1.165) is 24.8 Å². The molecular formula is C21H24N2O4S. The standard InChI is InChI=1S/C21H24N2O4S/c24-21(22-18-10-5-2-6-11-18)27-20-13-7-12-19(16-20)23-28(25,26)15-14-17-8-3-1-4-9-17/h1-6,8-11,14-15,19-20,23H,7,12-13,16H2,(H,22,24)/b15-14+/t19-,20-/m1/s1. The number of sulfonamides is 1. The summed E-state index contributed by atoms with van der Waals surface area (Å²) in [5.74, 6) is 0. The molecule has 6 nitrogen and oxygen atoms in total. The Labute approximate surface area is 165 Å². The van der Waals surface area contributed by atoms with Crippen LogP contribution >= 0.6 is 0 Å². The minimum absolute atomic E-state index is 0.256. The molecule has 0 aliphatic heterocycles. The van der Waals surface area contributed by atoms with E-state index in [4.69, 9.17) is 4.74 Å². The summed E-state index contributed by atoms with van der Waals surface area (Å²) in [6.07, 6.45) is 3.41. The Balaban J connectivity index is 1.51. The fourth-order valence-electron chi connectivity index (χ4n) is 3.18. The van der Waals surface area contributed by atoms with Crippen molar-refractivity contribution in [3.8, 4) is 0 Å². The molecule has 1 aliphatic carbocycles. The molecule has 2 aromatic carbocycles. The van der Waals surface area contributed by atoms with Crippen LogP contribution in [0.15, 0.2) is 66.1 Å². The van der Waals surface area contributed by atoms with Crippen molar-refractivity contribution in [2.75, 3.05) is 5.32 Å². The molecule has 1 amide bonds. The Kier molecular flexibility index (Phi) is 6.84. The topological polar surface area (TPSA) is 84.5 Å². The molecule has 0 heterocycles. The molecule has 2 N–H and O–H groups in total. The minimum atomic E-state index is -3.57. The van der Waals surface area contributed by atoms with Crippen LogP contribution in [0.25, 0.3) is 6.08 Å². The Morgan fingerprint density at radius 3 is 2.39 bits per heavy atom. The van der Waals surface area contributed by atoms with Crippen molar-refractivity contribution in [1.82, 2.24) is 4.72 Å². The molecule has 148 valence electrons. The van der Waals surface area contributed by atoms with Gasteiger partial charge in [-0.15, -0.1) is 0 Å². The van der Waals surface area contributed by atoms with Crippen LogP contribution in [-0.2, 0) is 14.8 Å². The lowest BCUT2D eigenvalue weighted by Gasteiger charge is -2.29. The summed E-state index contributed by atoms with van der Waals surface area (Å²) in [7, 11) is -3.57. The van der Waals surface area contributed by atoms with Crippen LogP contribution < -0.4 is 10.0 Å². The van der Waals surface area contributed by atoms with Gasteiger partial charge in [-0.1, -0.05) is 48.5 Å². The predicted molar refractivity (Wildman–Crippen MR) is 110 cm³/mol. The number of benzene rings is 2. The molecule has 2 aromatic rings. The largest absolute Gasteiger partial charge is 0.446 e. The lowest BCUT2D eigenvalue weighted by Crippen LogP contribution is -2.40. The third kappa shape index (κ3) is 6.51. The fraction of sp³-hybridized carbons (Fsp3) is 0.286. The molecule has 7 heteroatoms. The van der Waals surface area contributed by atoms with Crippen LogP contribution in [-0.4, -0.2) is 26.7 Å². The van der Waals surface area contributed by atoms with Gasteiger partial charge in [0.2, 0.25) is 10.0 Å². The first-order valence-electron chi connectivity index (χ1n) is 9.28. The average molecular weight is 401 g/mol. The van der Waals surface area contributed by atoms with Crippen molar-refractivity contribution < 1.29 is 17.9 Å². The minimum Gasteiger partial charge on any atom is -0.446 e. The highest BCUT2D eigenvalue weighted by atomic mass is 32.2. The second kappa shape index (κ2) is 9.52. The monoisotopic (exact) mass is 400 g/mol. The van der Waals surface area contributed by atoms with E-state index in [-0.39, 0.29) is 12.1 Å². The lowest BCUT2D eigenvalue weighted by molar-refractivity contribution is 0.0793. The predicted octanol–water partition coefficient (Wildman–Crippen LogP) is 4.14. The molecule has 0 bridgehead atoms. The lowest BCUT2D eigenvalue weighted by atomic mass is 9.94. The van der Waals surface area contributed by atoms with E-state index >= 15 is 0 Å². The Morgan fingerprint density at radius 1 is 1.00 bits per heavy atom. The Bertz CT molecular complexity index is 899. The van der Waals surface area contributed by atoms with Crippen LogP contribution in [0.1, 0.15) is 31.2 Å². The first kappa shape index (κ1) is 20.1. The van der Waals surface area contributed by atoms with Crippen molar-refractivity contribution >= 4 is 27.9 Å². The van der Waals surface area contributed by atoms with Crippen LogP contribution in [0, 0.1) is 0 Å². The van der Waals surface area contributed by atoms with Gasteiger partial charge in [-0.25, -0.2) is 17.9 Å². The van der Waals surface area contributed by atoms with E-state index < -0.39 is 16.1 Å². The van der Waals surface area contributed by atoms with E-state index in [1.165, 1.54) is 5.41 Å². The molecule has 0 unspecified atom stereocenters. The van der Waals surface area contributed by atoms with Crippen molar-refractivity contribution in [1.29, 1.82) is 0 Å². The number of anilines is 1. The molecule has 1 saturated carbocycles. The highest BCUT2D eigenvalue weighted by Crippen LogP contribution is 2.22. The van der Waals surface area contributed by atoms with Crippen LogP contribution in [0.3, 0.4) is 0 Å². The molecular weight excluding hydrogens is 376 g/mol. The zero-order valence-corrected chi connectivity index (χ0v) is 16.3. The van der Waals surface area contributed by atoms with Gasteiger partial charge in [-0.3, -0.25) is 5.32 Å². The molecule has 2 atom stereocenters. The average Bonchev–Trinajstić information content (AvgIpc) is 2.68. The van der Waals surface area contributed by atoms with Crippen LogP contribution in [0.5, 0.6) is 0 Å². The van der Waals surface area contributed by atoms with Crippen molar-refractivity contribution in [3.05, 3.63) is 71.6 Å². The third-order valence-electron chi connectivity index (χ3n) is 4.49. The molecule has 1 aliphatic rings. The van der Waals surface area contributed by atoms with Gasteiger partial charge in [0.15, 0.2) is 0 Å². The number of rotatable bonds is 6. The van der Waals surface area contributed by atoms with E-state index in [1.54, 1.807) is 18.2 Å². The first-order valence-corrected chi connectivity index (χ1v) is 10.8. The Hall–Kier alpha value is -2.64. The summed E-state index contributed by atoms with van der Waals surface area (Å²) >= 11 is 0. The van der Waals surface area contributed by atoms with Crippen molar-refractivity contribution in [2.24, 2.45) is 0 Å². The third-order valence-corrected chi connectivity index (χ3v) is 5.65. The first-order chi connectivity index (χ1) is 13.5. The molecule has 0 saturated heterocycles. The number of ether oxygens (including phenoxy) is 1. The maximum Gasteiger partial charge on any atom is 0.411 e. The second-order valence-electron chi connectivity index (χ2n) is 6.76. The summed E-state index contributed by atoms with van der Waals surface area (Å²) in [6, 6.07) is 18.1. The van der Waals surface area contributed by atoms with Gasteiger partial charge in [0.1, 0.15) is 6.10 Å². The molecule has 0 aromatic heterocycles. The summed E-state index contributed by atoms with van der Waals surface area (Å²) < 4.78 is 32.8. The number of amides is 1. The van der Waals surface area contributed by atoms with Crippen LogP contribution in [0.4, 0.5) is 10.5 Å². The summed E-state index contributed by atoms with van der Waals surface area (Å²) in [4.78, 5) is 12.0. The van der Waals surface area contributed by atoms with Gasteiger partial charge in [0, 0.05) is 23.6 Å². The second-order valence-corrected chi connectivity index (χ2v) is 8.36. The highest BCUT2D eigenvalue weighted by Gasteiger charge is 2.27. The maximum absolute atomic E-state index is 12.3.